The molecule has 0 spiro atoms. The summed E-state index contributed by atoms with van der Waals surface area (Å²) < 4.78 is 5.81. The molecule has 0 fully saturated rings. The number of nitrogens with two attached hydrogens (primary N) is 1. The summed E-state index contributed by atoms with van der Waals surface area (Å²) in [5.41, 5.74) is 3.58. The van der Waals surface area contributed by atoms with Crippen LogP contribution in [0.5, 0.6) is 0 Å². The molecule has 27 heavy (non-hydrogen) atoms. The fraction of sp³-hybridized carbons (Fsp3) is 0.0455. The second-order valence-electron chi connectivity index (χ2n) is 6.21. The number of hydrogen-bond acceptors (Lipinski definition) is 4. The number of aryl methyl sites for hydroxylation is 1. The van der Waals surface area contributed by atoms with E-state index in [2.05, 4.69) is 78.2 Å². The summed E-state index contributed by atoms with van der Waals surface area (Å²) in [5.74, 6) is 6.93. The molecule has 5 heteroatoms. The van der Waals surface area contributed by atoms with Gasteiger partial charge in [-0.05, 0) is 36.4 Å². The van der Waals surface area contributed by atoms with Crippen LogP contribution in [0.1, 0.15) is 5.89 Å². The van der Waals surface area contributed by atoms with Crippen molar-refractivity contribution in [2.75, 3.05) is 5.43 Å². The molecule has 4 aromatic rings. The molecule has 3 N–H and O–H groups in total. The van der Waals surface area contributed by atoms with Gasteiger partial charge in [0.1, 0.15) is 15.9 Å². The number of nitrogens with one attached hydrogen (secondary N) is 1. The first-order chi connectivity index (χ1) is 13.3. The van der Waals surface area contributed by atoms with E-state index in [4.69, 9.17) is 15.2 Å². The fourth-order valence-electron chi connectivity index (χ4n) is 3.51. The average molecular weight is 374 g/mol. The van der Waals surface area contributed by atoms with E-state index in [1.54, 1.807) is 0 Å². The Morgan fingerprint density at radius 2 is 1.15 bits per heavy atom. The molecule has 4 nitrogen and oxygen atoms in total. The van der Waals surface area contributed by atoms with Gasteiger partial charge in [0.25, 0.3) is 11.3 Å². The van der Waals surface area contributed by atoms with Crippen molar-refractivity contribution in [2.45, 2.75) is 6.92 Å². The van der Waals surface area contributed by atoms with Crippen molar-refractivity contribution in [3.05, 3.63) is 96.9 Å². The van der Waals surface area contributed by atoms with Crippen molar-refractivity contribution < 1.29 is 4.42 Å². The zero-order chi connectivity index (χ0) is 18.7. The standard InChI is InChI=1S/C22H21N3OP/c1-17-24-22(21(25-23)26-17)27(18-11-5-2-6-12-18,19-13-7-3-8-14-19)20-15-9-4-10-16-20/h2-16,25H,23H2,1H3/q+1. The number of hydrazine groups is 1. The number of rotatable bonds is 5. The minimum absolute atomic E-state index is 0.511. The lowest BCUT2D eigenvalue weighted by molar-refractivity contribution is 0.534. The van der Waals surface area contributed by atoms with Crippen molar-refractivity contribution in [2.24, 2.45) is 5.84 Å². The van der Waals surface area contributed by atoms with Crippen LogP contribution in [-0.4, -0.2) is 4.98 Å². The quantitative estimate of drug-likeness (QED) is 0.320. The van der Waals surface area contributed by atoms with Crippen LogP contribution in [0.3, 0.4) is 0 Å². The molecule has 0 saturated heterocycles. The lowest BCUT2D eigenvalue weighted by Crippen LogP contribution is -2.40. The van der Waals surface area contributed by atoms with Gasteiger partial charge in [0, 0.05) is 6.92 Å². The largest absolute Gasteiger partial charge is 0.420 e. The highest BCUT2D eigenvalue weighted by Gasteiger charge is 2.52. The third kappa shape index (κ3) is 2.93. The van der Waals surface area contributed by atoms with Gasteiger partial charge >= 0.3 is 0 Å². The van der Waals surface area contributed by atoms with Crippen LogP contribution in [0, 0.1) is 6.92 Å². The second-order valence-corrected chi connectivity index (χ2v) is 9.52. The van der Waals surface area contributed by atoms with Crippen molar-refractivity contribution in [3.8, 4) is 0 Å². The first-order valence-electron chi connectivity index (χ1n) is 8.77. The highest BCUT2D eigenvalue weighted by Crippen LogP contribution is 2.55. The van der Waals surface area contributed by atoms with Crippen LogP contribution in [0.4, 0.5) is 5.88 Å². The number of nitrogens with zero attached hydrogens (tertiary/aromatic N) is 1. The average Bonchev–Trinajstić information content (AvgIpc) is 3.12. The maximum atomic E-state index is 5.83. The van der Waals surface area contributed by atoms with Gasteiger partial charge < -0.3 is 4.42 Å². The molecule has 4 rings (SSSR count). The van der Waals surface area contributed by atoms with Crippen LogP contribution in [0.25, 0.3) is 0 Å². The highest BCUT2D eigenvalue weighted by molar-refractivity contribution is 8.01. The van der Waals surface area contributed by atoms with Crippen LogP contribution < -0.4 is 32.6 Å². The third-order valence-corrected chi connectivity index (χ3v) is 8.75. The molecule has 1 heterocycles. The molecule has 0 aliphatic rings. The van der Waals surface area contributed by atoms with Gasteiger partial charge in [-0.1, -0.05) is 54.6 Å². The van der Waals surface area contributed by atoms with Gasteiger partial charge in [-0.2, -0.15) is 4.98 Å². The zero-order valence-corrected chi connectivity index (χ0v) is 15.9. The molecule has 0 atom stereocenters. The molecule has 134 valence electrons. The molecular weight excluding hydrogens is 353 g/mol. The molecule has 3 aromatic carbocycles. The number of hydrogen-bond donors (Lipinski definition) is 2. The van der Waals surface area contributed by atoms with Crippen molar-refractivity contribution in [1.29, 1.82) is 0 Å². The number of benzene rings is 3. The lowest BCUT2D eigenvalue weighted by atomic mass is 10.4. The van der Waals surface area contributed by atoms with E-state index < -0.39 is 7.26 Å². The molecule has 0 bridgehead atoms. The molecule has 0 unspecified atom stereocenters. The summed E-state index contributed by atoms with van der Waals surface area (Å²) in [4.78, 5) is 4.82. The first-order valence-corrected chi connectivity index (χ1v) is 10.6. The molecule has 0 saturated carbocycles. The molecule has 0 amide bonds. The summed E-state index contributed by atoms with van der Waals surface area (Å²) in [6, 6.07) is 31.5. The smallest absolute Gasteiger partial charge is 0.273 e. The predicted molar refractivity (Wildman–Crippen MR) is 114 cm³/mol. The van der Waals surface area contributed by atoms with E-state index in [0.717, 1.165) is 5.44 Å². The lowest BCUT2D eigenvalue weighted by Gasteiger charge is -2.25. The van der Waals surface area contributed by atoms with E-state index in [1.165, 1.54) is 15.9 Å². The Kier molecular flexibility index (Phi) is 4.76. The third-order valence-electron chi connectivity index (χ3n) is 4.60. The number of aromatic nitrogens is 1. The summed E-state index contributed by atoms with van der Waals surface area (Å²) in [6.07, 6.45) is 0. The Morgan fingerprint density at radius 1 is 0.741 bits per heavy atom. The van der Waals surface area contributed by atoms with Crippen LogP contribution in [0.15, 0.2) is 95.4 Å². The Balaban J connectivity index is 2.16. The molecule has 0 radical (unpaired) electrons. The molecule has 0 aliphatic carbocycles. The van der Waals surface area contributed by atoms with E-state index in [0.29, 0.717) is 11.8 Å². The second kappa shape index (κ2) is 7.36. The highest BCUT2D eigenvalue weighted by atomic mass is 31.2. The van der Waals surface area contributed by atoms with Crippen LogP contribution in [-0.2, 0) is 0 Å². The summed E-state index contributed by atoms with van der Waals surface area (Å²) in [7, 11) is -2.29. The van der Waals surface area contributed by atoms with Gasteiger partial charge in [-0.3, -0.25) is 5.43 Å². The summed E-state index contributed by atoms with van der Waals surface area (Å²) in [6.45, 7) is 1.85. The number of nitrogen functional groups attached to an aromatic ring is 1. The Morgan fingerprint density at radius 3 is 1.52 bits per heavy atom. The van der Waals surface area contributed by atoms with Crippen molar-refractivity contribution in [3.63, 3.8) is 0 Å². The fourth-order valence-corrected chi connectivity index (χ4v) is 7.70. The van der Waals surface area contributed by atoms with Crippen molar-refractivity contribution >= 4 is 34.5 Å². The van der Waals surface area contributed by atoms with E-state index in [-0.39, 0.29) is 0 Å². The minimum Gasteiger partial charge on any atom is -0.420 e. The SMILES string of the molecule is Cc1nc([P+](c2ccccc2)(c2ccccc2)c2ccccc2)c(NN)o1. The Hall–Kier alpha value is -2.94. The van der Waals surface area contributed by atoms with Gasteiger partial charge in [-0.15, -0.1) is 0 Å². The van der Waals surface area contributed by atoms with Gasteiger partial charge in [0.2, 0.25) is 0 Å². The number of oxazole rings is 1. The summed E-state index contributed by atoms with van der Waals surface area (Å²) >= 11 is 0. The van der Waals surface area contributed by atoms with Crippen molar-refractivity contribution in [1.82, 2.24) is 4.98 Å². The maximum Gasteiger partial charge on any atom is 0.273 e. The maximum absolute atomic E-state index is 5.83. The molecule has 1 aromatic heterocycles. The van der Waals surface area contributed by atoms with Crippen LogP contribution >= 0.6 is 7.26 Å². The van der Waals surface area contributed by atoms with Gasteiger partial charge in [-0.25, -0.2) is 5.84 Å². The number of anilines is 1. The Bertz CT molecular complexity index is 921. The topological polar surface area (TPSA) is 64.1 Å². The summed E-state index contributed by atoms with van der Waals surface area (Å²) in [5, 5.41) is 3.60. The normalized spacial score (nSPS) is 11.3. The monoisotopic (exact) mass is 374 g/mol. The first kappa shape index (κ1) is 17.5. The minimum atomic E-state index is -2.29. The molecule has 0 aliphatic heterocycles. The Labute approximate surface area is 159 Å². The van der Waals surface area contributed by atoms with Crippen LogP contribution in [0.2, 0.25) is 0 Å². The van der Waals surface area contributed by atoms with Gasteiger partial charge in [0.05, 0.1) is 0 Å². The molecular formula is C22H21N3OP+. The van der Waals surface area contributed by atoms with Gasteiger partial charge in [0.15, 0.2) is 13.2 Å². The zero-order valence-electron chi connectivity index (χ0n) is 15.0. The van der Waals surface area contributed by atoms with E-state index in [1.807, 2.05) is 25.1 Å². The predicted octanol–water partition coefficient (Wildman–Crippen LogP) is 2.89. The van der Waals surface area contributed by atoms with E-state index >= 15 is 0 Å². The van der Waals surface area contributed by atoms with E-state index in [9.17, 15) is 0 Å².